The molecule has 0 unspecified atom stereocenters. The Morgan fingerprint density at radius 1 is 0.676 bits per heavy atom. The number of carbonyl (C=O) groups excluding carboxylic acids is 1. The van der Waals surface area contributed by atoms with Crippen LogP contribution in [0, 0.1) is 0 Å². The number of amides is 1. The second-order valence-corrected chi connectivity index (χ2v) is 8.10. The van der Waals surface area contributed by atoms with E-state index in [4.69, 9.17) is 34.2 Å². The van der Waals surface area contributed by atoms with Gasteiger partial charge in [0.1, 0.15) is 6.61 Å². The molecule has 0 aromatic heterocycles. The van der Waals surface area contributed by atoms with Crippen LogP contribution >= 0.6 is 12.4 Å². The van der Waals surface area contributed by atoms with E-state index in [2.05, 4.69) is 29.6 Å². The van der Waals surface area contributed by atoms with Crippen LogP contribution in [0.5, 0.6) is 0 Å². The van der Waals surface area contributed by atoms with Crippen molar-refractivity contribution < 1.29 is 33.2 Å². The van der Waals surface area contributed by atoms with Gasteiger partial charge in [-0.2, -0.15) is 0 Å². The molecule has 0 spiro atoms. The number of halogens is 1. The molecule has 3 rings (SSSR count). The Morgan fingerprint density at radius 2 is 1.11 bits per heavy atom. The van der Waals surface area contributed by atoms with Gasteiger partial charge in [-0.25, -0.2) is 4.79 Å². The highest BCUT2D eigenvalue weighted by molar-refractivity contribution is 5.85. The van der Waals surface area contributed by atoms with E-state index in [0.29, 0.717) is 85.8 Å². The van der Waals surface area contributed by atoms with E-state index < -0.39 is 6.09 Å². The van der Waals surface area contributed by atoms with Gasteiger partial charge in [-0.15, -0.1) is 12.4 Å². The minimum atomic E-state index is -0.444. The molecular weight excluding hydrogens is 500 g/mol. The Bertz CT molecular complexity index is 857. The number of ether oxygens (including phenoxy) is 6. The Morgan fingerprint density at radius 3 is 1.59 bits per heavy atom. The van der Waals surface area contributed by atoms with Crippen molar-refractivity contribution >= 4 is 18.5 Å². The number of nitrogens with one attached hydrogen (secondary N) is 1. The summed E-state index contributed by atoms with van der Waals surface area (Å²) >= 11 is 0. The standard InChI is InChI=1S/C27H38N2O7.ClH/c28-9-11-31-13-15-33-17-19-35-20-18-34-16-14-32-12-10-29-27(30)36-21-26-24-7-3-1-5-22(24)23-6-2-4-8-25(23)26;/h1-8,26H,9-21,28H2,(H,29,30);1H. The van der Waals surface area contributed by atoms with Crippen molar-refractivity contribution in [1.82, 2.24) is 5.32 Å². The number of fused-ring (bicyclic) bond motifs is 3. The van der Waals surface area contributed by atoms with E-state index >= 15 is 0 Å². The van der Waals surface area contributed by atoms with E-state index in [-0.39, 0.29) is 18.3 Å². The van der Waals surface area contributed by atoms with Gasteiger partial charge in [0.05, 0.1) is 66.1 Å². The van der Waals surface area contributed by atoms with Gasteiger partial charge in [-0.3, -0.25) is 0 Å². The average Bonchev–Trinajstić information content (AvgIpc) is 3.23. The van der Waals surface area contributed by atoms with Crippen molar-refractivity contribution in [2.24, 2.45) is 5.73 Å². The zero-order valence-corrected chi connectivity index (χ0v) is 22.0. The summed E-state index contributed by atoms with van der Waals surface area (Å²) in [5.41, 5.74) is 10.1. The minimum absolute atomic E-state index is 0. The molecule has 0 radical (unpaired) electrons. The Balaban J connectivity index is 0.00000481. The molecule has 0 aliphatic heterocycles. The number of alkyl carbamates (subject to hydrolysis) is 1. The molecule has 0 atom stereocenters. The average molecular weight is 539 g/mol. The van der Waals surface area contributed by atoms with E-state index in [1.165, 1.54) is 22.3 Å². The summed E-state index contributed by atoms with van der Waals surface area (Å²) < 4.78 is 32.4. The second kappa shape index (κ2) is 18.9. The van der Waals surface area contributed by atoms with Crippen molar-refractivity contribution in [3.05, 3.63) is 59.7 Å². The fourth-order valence-corrected chi connectivity index (χ4v) is 3.94. The number of nitrogens with two attached hydrogens (primary N) is 1. The SMILES string of the molecule is Cl.NCCOCCOCCOCCOCCOCCNC(=O)OCC1c2ccccc2-c2ccccc21. The predicted octanol–water partition coefficient (Wildman–Crippen LogP) is 2.99. The molecule has 0 bridgehead atoms. The largest absolute Gasteiger partial charge is 0.449 e. The Hall–Kier alpha value is -2.24. The molecule has 10 heteroatoms. The maximum Gasteiger partial charge on any atom is 0.407 e. The number of benzene rings is 2. The first kappa shape index (κ1) is 31.0. The topological polar surface area (TPSA) is 111 Å². The lowest BCUT2D eigenvalue weighted by molar-refractivity contribution is -0.0103. The van der Waals surface area contributed by atoms with E-state index in [1.807, 2.05) is 24.3 Å². The molecule has 0 heterocycles. The summed E-state index contributed by atoms with van der Waals surface area (Å²) in [5.74, 6) is 0.0501. The van der Waals surface area contributed by atoms with Gasteiger partial charge >= 0.3 is 6.09 Å². The maximum atomic E-state index is 12.1. The van der Waals surface area contributed by atoms with Gasteiger partial charge in [0.15, 0.2) is 0 Å². The smallest absolute Gasteiger partial charge is 0.407 e. The van der Waals surface area contributed by atoms with Crippen molar-refractivity contribution in [3.8, 4) is 11.1 Å². The molecule has 37 heavy (non-hydrogen) atoms. The van der Waals surface area contributed by atoms with E-state index in [0.717, 1.165) is 0 Å². The van der Waals surface area contributed by atoms with Crippen LogP contribution in [0.2, 0.25) is 0 Å². The van der Waals surface area contributed by atoms with Gasteiger partial charge in [0.2, 0.25) is 0 Å². The van der Waals surface area contributed by atoms with E-state index in [1.54, 1.807) is 0 Å². The zero-order chi connectivity index (χ0) is 25.3. The molecule has 0 saturated carbocycles. The number of rotatable bonds is 19. The summed E-state index contributed by atoms with van der Waals surface area (Å²) in [7, 11) is 0. The third-order valence-electron chi connectivity index (χ3n) is 5.61. The lowest BCUT2D eigenvalue weighted by atomic mass is 9.98. The summed E-state index contributed by atoms with van der Waals surface area (Å²) in [6, 6.07) is 16.5. The molecule has 1 aliphatic carbocycles. The minimum Gasteiger partial charge on any atom is -0.449 e. The first-order chi connectivity index (χ1) is 17.8. The number of hydrogen-bond donors (Lipinski definition) is 2. The van der Waals surface area contributed by atoms with Crippen LogP contribution in [-0.4, -0.2) is 91.9 Å². The maximum absolute atomic E-state index is 12.1. The van der Waals surface area contributed by atoms with Gasteiger partial charge in [0, 0.05) is 19.0 Å². The first-order valence-corrected chi connectivity index (χ1v) is 12.5. The van der Waals surface area contributed by atoms with Crippen molar-refractivity contribution in [2.45, 2.75) is 5.92 Å². The van der Waals surface area contributed by atoms with Crippen LogP contribution in [0.3, 0.4) is 0 Å². The molecule has 2 aromatic rings. The molecule has 0 saturated heterocycles. The highest BCUT2D eigenvalue weighted by Gasteiger charge is 2.28. The van der Waals surface area contributed by atoms with Gasteiger partial charge in [-0.1, -0.05) is 48.5 Å². The van der Waals surface area contributed by atoms with Gasteiger partial charge in [0.25, 0.3) is 0 Å². The molecule has 206 valence electrons. The number of hydrogen-bond acceptors (Lipinski definition) is 8. The molecule has 1 aliphatic rings. The lowest BCUT2D eigenvalue weighted by Gasteiger charge is -2.14. The van der Waals surface area contributed by atoms with Crippen LogP contribution in [0.4, 0.5) is 4.79 Å². The first-order valence-electron chi connectivity index (χ1n) is 12.5. The van der Waals surface area contributed by atoms with Crippen molar-refractivity contribution in [3.63, 3.8) is 0 Å². The van der Waals surface area contributed by atoms with Crippen molar-refractivity contribution in [1.29, 1.82) is 0 Å². The van der Waals surface area contributed by atoms with Crippen molar-refractivity contribution in [2.75, 3.05) is 85.8 Å². The van der Waals surface area contributed by atoms with E-state index in [9.17, 15) is 4.79 Å². The lowest BCUT2D eigenvalue weighted by Crippen LogP contribution is -2.29. The van der Waals surface area contributed by atoms with Crippen LogP contribution in [0.15, 0.2) is 48.5 Å². The highest BCUT2D eigenvalue weighted by atomic mass is 35.5. The third-order valence-corrected chi connectivity index (χ3v) is 5.61. The van der Waals surface area contributed by atoms with Crippen LogP contribution < -0.4 is 11.1 Å². The molecule has 2 aromatic carbocycles. The van der Waals surface area contributed by atoms with Crippen LogP contribution in [-0.2, 0) is 28.4 Å². The molecule has 9 nitrogen and oxygen atoms in total. The van der Waals surface area contributed by atoms with Crippen LogP contribution in [0.25, 0.3) is 11.1 Å². The zero-order valence-electron chi connectivity index (χ0n) is 21.2. The highest BCUT2D eigenvalue weighted by Crippen LogP contribution is 2.44. The fourth-order valence-electron chi connectivity index (χ4n) is 3.94. The summed E-state index contributed by atoms with van der Waals surface area (Å²) in [4.78, 5) is 12.1. The second-order valence-electron chi connectivity index (χ2n) is 8.10. The third kappa shape index (κ3) is 11.0. The fraction of sp³-hybridized carbons (Fsp3) is 0.519. The summed E-state index contributed by atoms with van der Waals surface area (Å²) in [5, 5.41) is 2.73. The Kier molecular flexibility index (Phi) is 15.8. The predicted molar refractivity (Wildman–Crippen MR) is 143 cm³/mol. The van der Waals surface area contributed by atoms with Gasteiger partial charge < -0.3 is 39.5 Å². The molecule has 0 fully saturated rings. The van der Waals surface area contributed by atoms with Crippen LogP contribution in [0.1, 0.15) is 17.0 Å². The van der Waals surface area contributed by atoms with Gasteiger partial charge in [-0.05, 0) is 22.3 Å². The quantitative estimate of drug-likeness (QED) is 0.263. The molecule has 3 N–H and O–H groups in total. The summed E-state index contributed by atoms with van der Waals surface area (Å²) in [6.07, 6.45) is -0.444. The number of carbonyl (C=O) groups is 1. The molecular formula is C27H39ClN2O7. The monoisotopic (exact) mass is 538 g/mol. The molecule has 1 amide bonds. The summed E-state index contributed by atoms with van der Waals surface area (Å²) in [6.45, 7) is 6.12. The normalized spacial score (nSPS) is 12.0. The Labute approximate surface area is 225 Å².